The van der Waals surface area contributed by atoms with Crippen LogP contribution < -0.4 is 18.9 Å². The Bertz CT molecular complexity index is 1100. The highest BCUT2D eigenvalue weighted by molar-refractivity contribution is 5.92. The molecule has 3 atom stereocenters. The van der Waals surface area contributed by atoms with Crippen LogP contribution in [0.1, 0.15) is 49.3 Å². The van der Waals surface area contributed by atoms with Crippen molar-refractivity contribution in [3.8, 4) is 23.0 Å². The monoisotopic (exact) mass is 465 g/mol. The first kappa shape index (κ1) is 22.6. The maximum absolute atomic E-state index is 13.5. The van der Waals surface area contributed by atoms with Crippen molar-refractivity contribution in [3.05, 3.63) is 53.6 Å². The fraction of sp³-hybridized carbons (Fsp3) is 0.444. The molecule has 7 nitrogen and oxygen atoms in total. The average molecular weight is 466 g/mol. The van der Waals surface area contributed by atoms with Crippen LogP contribution >= 0.6 is 0 Å². The summed E-state index contributed by atoms with van der Waals surface area (Å²) in [6, 6.07) is 11.2. The number of likely N-dealkylation sites (tertiary alicyclic amines) is 1. The second-order valence-corrected chi connectivity index (χ2v) is 9.24. The molecule has 1 saturated carbocycles. The number of fused-ring (bicyclic) bond motifs is 2. The summed E-state index contributed by atoms with van der Waals surface area (Å²) in [6.07, 6.45) is 7.72. The first-order valence-corrected chi connectivity index (χ1v) is 11.8. The molecule has 2 heterocycles. The third kappa shape index (κ3) is 4.09. The predicted molar refractivity (Wildman–Crippen MR) is 127 cm³/mol. The van der Waals surface area contributed by atoms with Gasteiger partial charge in [0.25, 0.3) is 0 Å². The van der Waals surface area contributed by atoms with Gasteiger partial charge in [0.2, 0.25) is 12.7 Å². The van der Waals surface area contributed by atoms with Gasteiger partial charge in [-0.1, -0.05) is 25.0 Å². The first-order chi connectivity index (χ1) is 16.5. The maximum atomic E-state index is 13.5. The highest BCUT2D eigenvalue weighted by atomic mass is 16.7. The van der Waals surface area contributed by atoms with Crippen molar-refractivity contribution in [1.29, 1.82) is 0 Å². The highest BCUT2D eigenvalue weighted by Gasteiger charge is 2.50. The van der Waals surface area contributed by atoms with Crippen LogP contribution in [0.2, 0.25) is 0 Å². The van der Waals surface area contributed by atoms with Crippen molar-refractivity contribution in [2.24, 2.45) is 5.92 Å². The molecule has 0 aromatic heterocycles. The fourth-order valence-corrected chi connectivity index (χ4v) is 5.66. The highest BCUT2D eigenvalue weighted by Crippen LogP contribution is 2.50. The molecule has 0 bridgehead atoms. The smallest absolute Gasteiger partial charge is 0.247 e. The molecule has 2 aromatic rings. The molecule has 5 rings (SSSR count). The normalized spacial score (nSPS) is 25.8. The van der Waals surface area contributed by atoms with Gasteiger partial charge in [-0.15, -0.1) is 0 Å². The summed E-state index contributed by atoms with van der Waals surface area (Å²) in [5, 5.41) is 11.5. The second-order valence-electron chi connectivity index (χ2n) is 9.24. The number of aliphatic hydroxyl groups is 1. The molecular weight excluding hydrogens is 434 g/mol. The number of piperidine rings is 1. The molecule has 2 aromatic carbocycles. The van der Waals surface area contributed by atoms with Crippen molar-refractivity contribution >= 4 is 12.0 Å². The largest absolute Gasteiger partial charge is 0.493 e. The molecule has 1 N–H and O–H groups in total. The summed E-state index contributed by atoms with van der Waals surface area (Å²) >= 11 is 0. The lowest BCUT2D eigenvalue weighted by Crippen LogP contribution is -2.56. The number of amides is 1. The molecule has 0 radical (unpaired) electrons. The Hall–Kier alpha value is -3.19. The summed E-state index contributed by atoms with van der Waals surface area (Å²) < 4.78 is 21.8. The zero-order valence-electron chi connectivity index (χ0n) is 19.7. The van der Waals surface area contributed by atoms with Gasteiger partial charge >= 0.3 is 0 Å². The fourth-order valence-electron chi connectivity index (χ4n) is 5.66. The van der Waals surface area contributed by atoms with Gasteiger partial charge in [-0.05, 0) is 60.7 Å². The standard InChI is InChI=1S/C27H31NO6/c1-31-21-10-8-19(16-23(21)32-2)26-20-5-3-4-12-27(20,30)13-14-28(26)25(29)11-7-18-6-9-22-24(15-18)34-17-33-22/h6-11,15-16,20,26,30H,3-5,12-14,17H2,1-2H3. The molecule has 1 saturated heterocycles. The van der Waals surface area contributed by atoms with Crippen LogP contribution in [0.4, 0.5) is 0 Å². The molecule has 2 fully saturated rings. The van der Waals surface area contributed by atoms with Crippen molar-refractivity contribution in [2.75, 3.05) is 27.6 Å². The van der Waals surface area contributed by atoms with E-state index in [0.717, 1.165) is 36.8 Å². The number of nitrogens with zero attached hydrogens (tertiary/aromatic N) is 1. The molecule has 34 heavy (non-hydrogen) atoms. The molecule has 180 valence electrons. The minimum absolute atomic E-state index is 0.0315. The summed E-state index contributed by atoms with van der Waals surface area (Å²) in [5.41, 5.74) is 1.06. The SMILES string of the molecule is COc1ccc(C2C3CCCCC3(O)CCN2C(=O)C=Cc2ccc3c(c2)OCO3)cc1OC. The maximum Gasteiger partial charge on any atom is 0.247 e. The number of ether oxygens (including phenoxy) is 4. The minimum Gasteiger partial charge on any atom is -0.493 e. The molecule has 3 aliphatic rings. The van der Waals surface area contributed by atoms with Gasteiger partial charge in [0.15, 0.2) is 23.0 Å². The molecule has 1 amide bonds. The minimum atomic E-state index is -0.756. The van der Waals surface area contributed by atoms with Crippen LogP contribution in [0, 0.1) is 5.92 Å². The predicted octanol–water partition coefficient (Wildman–Crippen LogP) is 4.34. The quantitative estimate of drug-likeness (QED) is 0.662. The summed E-state index contributed by atoms with van der Waals surface area (Å²) in [4.78, 5) is 15.4. The lowest BCUT2D eigenvalue weighted by Gasteiger charge is -2.52. The Morgan fingerprint density at radius 3 is 2.71 bits per heavy atom. The zero-order valence-corrected chi connectivity index (χ0v) is 19.7. The Labute approximate surface area is 199 Å². The third-order valence-electron chi connectivity index (χ3n) is 7.41. The van der Waals surface area contributed by atoms with Crippen LogP contribution in [-0.2, 0) is 4.79 Å². The van der Waals surface area contributed by atoms with E-state index in [-0.39, 0.29) is 24.7 Å². The Balaban J connectivity index is 1.46. The van der Waals surface area contributed by atoms with Gasteiger partial charge in [-0.2, -0.15) is 0 Å². The average Bonchev–Trinajstić information content (AvgIpc) is 3.34. The number of hydrogen-bond donors (Lipinski definition) is 1. The third-order valence-corrected chi connectivity index (χ3v) is 7.41. The van der Waals surface area contributed by atoms with Crippen LogP contribution in [0.15, 0.2) is 42.5 Å². The number of rotatable bonds is 5. The van der Waals surface area contributed by atoms with E-state index < -0.39 is 5.60 Å². The van der Waals surface area contributed by atoms with Gasteiger partial charge in [0.05, 0.1) is 25.9 Å². The second kappa shape index (κ2) is 9.22. The lowest BCUT2D eigenvalue weighted by molar-refractivity contribution is -0.150. The Morgan fingerprint density at radius 2 is 1.88 bits per heavy atom. The van der Waals surface area contributed by atoms with Gasteiger partial charge in [-0.25, -0.2) is 0 Å². The van der Waals surface area contributed by atoms with E-state index in [0.29, 0.717) is 36.0 Å². The van der Waals surface area contributed by atoms with Crippen molar-refractivity contribution in [3.63, 3.8) is 0 Å². The molecule has 1 aliphatic carbocycles. The lowest BCUT2D eigenvalue weighted by atomic mass is 9.66. The van der Waals surface area contributed by atoms with Gasteiger partial charge in [0.1, 0.15) is 0 Å². The van der Waals surface area contributed by atoms with Crippen LogP contribution in [0.3, 0.4) is 0 Å². The number of benzene rings is 2. The Kier molecular flexibility index (Phi) is 6.13. The van der Waals surface area contributed by atoms with E-state index in [1.54, 1.807) is 26.4 Å². The summed E-state index contributed by atoms with van der Waals surface area (Å²) in [7, 11) is 3.21. The molecule has 0 spiro atoms. The van der Waals surface area contributed by atoms with Gasteiger partial charge in [0, 0.05) is 18.5 Å². The summed E-state index contributed by atoms with van der Waals surface area (Å²) in [6.45, 7) is 0.711. The van der Waals surface area contributed by atoms with E-state index in [2.05, 4.69) is 0 Å². The summed E-state index contributed by atoms with van der Waals surface area (Å²) in [5.74, 6) is 2.54. The van der Waals surface area contributed by atoms with E-state index in [1.807, 2.05) is 41.3 Å². The van der Waals surface area contributed by atoms with E-state index in [9.17, 15) is 9.90 Å². The van der Waals surface area contributed by atoms with Crippen molar-refractivity contribution in [2.45, 2.75) is 43.7 Å². The molecular formula is C27H31NO6. The number of carbonyl (C=O) groups excluding carboxylic acids is 1. The van der Waals surface area contributed by atoms with Crippen LogP contribution in [0.25, 0.3) is 6.08 Å². The van der Waals surface area contributed by atoms with Gasteiger partial charge < -0.3 is 29.0 Å². The van der Waals surface area contributed by atoms with E-state index in [1.165, 1.54) is 0 Å². The molecule has 3 unspecified atom stereocenters. The van der Waals surface area contributed by atoms with Crippen molar-refractivity contribution < 1.29 is 28.8 Å². The van der Waals surface area contributed by atoms with Crippen LogP contribution in [0.5, 0.6) is 23.0 Å². The zero-order chi connectivity index (χ0) is 23.7. The van der Waals surface area contributed by atoms with E-state index >= 15 is 0 Å². The topological polar surface area (TPSA) is 77.5 Å². The Morgan fingerprint density at radius 1 is 1.06 bits per heavy atom. The van der Waals surface area contributed by atoms with Crippen LogP contribution in [-0.4, -0.2) is 49.1 Å². The van der Waals surface area contributed by atoms with Crippen molar-refractivity contribution in [1.82, 2.24) is 4.90 Å². The molecule has 2 aliphatic heterocycles. The first-order valence-electron chi connectivity index (χ1n) is 11.8. The van der Waals surface area contributed by atoms with Gasteiger partial charge in [-0.3, -0.25) is 4.79 Å². The number of carbonyl (C=O) groups is 1. The number of hydrogen-bond acceptors (Lipinski definition) is 6. The molecule has 7 heteroatoms. The van der Waals surface area contributed by atoms with E-state index in [4.69, 9.17) is 18.9 Å². The number of methoxy groups -OCH3 is 2.